The quantitative estimate of drug-likeness (QED) is 0.260. The van der Waals surface area contributed by atoms with Crippen LogP contribution in [-0.2, 0) is 9.30 Å². The van der Waals surface area contributed by atoms with Crippen molar-refractivity contribution in [3.8, 4) is 0 Å². The first-order valence-electron chi connectivity index (χ1n) is 3.68. The highest BCUT2D eigenvalue weighted by atomic mass is 31.2. The number of hydrogen-bond donors (Lipinski definition) is 6. The van der Waals surface area contributed by atoms with Gasteiger partial charge in [0.25, 0.3) is 0 Å². The van der Waals surface area contributed by atoms with E-state index in [4.69, 9.17) is 30.2 Å². The molecule has 1 fully saturated rings. The molecule has 0 aliphatic carbocycles. The van der Waals surface area contributed by atoms with Gasteiger partial charge in [-0.3, -0.25) is 4.57 Å². The third-order valence-electron chi connectivity index (χ3n) is 1.89. The van der Waals surface area contributed by atoms with Gasteiger partial charge >= 0.3 is 7.60 Å². The van der Waals surface area contributed by atoms with Crippen LogP contribution in [0.1, 0.15) is 0 Å². The van der Waals surface area contributed by atoms with E-state index < -0.39 is 38.0 Å². The molecule has 84 valence electrons. The Balaban J connectivity index is 2.86. The van der Waals surface area contributed by atoms with Crippen LogP contribution in [0.4, 0.5) is 0 Å². The summed E-state index contributed by atoms with van der Waals surface area (Å²) in [5.41, 5.74) is 0. The van der Waals surface area contributed by atoms with Gasteiger partial charge in [-0.1, -0.05) is 0 Å². The summed E-state index contributed by atoms with van der Waals surface area (Å²) in [6.45, 7) is 0. The Bertz CT molecular complexity index is 250. The Morgan fingerprint density at radius 1 is 0.929 bits per heavy atom. The van der Waals surface area contributed by atoms with Crippen molar-refractivity contribution in [2.24, 2.45) is 0 Å². The summed E-state index contributed by atoms with van der Waals surface area (Å²) in [5.74, 6) is -2.03. The fourth-order valence-corrected chi connectivity index (χ4v) is 1.98. The van der Waals surface area contributed by atoms with Crippen LogP contribution in [0, 0.1) is 0 Å². The molecule has 6 N–H and O–H groups in total. The average molecular weight is 230 g/mol. The molecule has 0 aromatic carbocycles. The lowest BCUT2D eigenvalue weighted by atomic mass is 10.1. The Labute approximate surface area is 78.5 Å². The Hall–Kier alpha value is -0.0500. The van der Waals surface area contributed by atoms with Crippen molar-refractivity contribution < 1.29 is 39.5 Å². The van der Waals surface area contributed by atoms with Crippen molar-refractivity contribution in [2.45, 2.75) is 30.4 Å². The number of aliphatic hydroxyl groups is 4. The third-order valence-corrected chi connectivity index (χ3v) is 2.98. The molecule has 9 heteroatoms. The molecule has 0 unspecified atom stereocenters. The summed E-state index contributed by atoms with van der Waals surface area (Å²) in [7, 11) is -4.80. The van der Waals surface area contributed by atoms with E-state index >= 15 is 0 Å². The lowest BCUT2D eigenvalue weighted by molar-refractivity contribution is -0.266. The second-order valence-corrected chi connectivity index (χ2v) is 4.67. The van der Waals surface area contributed by atoms with Gasteiger partial charge in [-0.2, -0.15) is 0 Å². The Kier molecular flexibility index (Phi) is 3.30. The van der Waals surface area contributed by atoms with Crippen LogP contribution >= 0.6 is 7.60 Å². The van der Waals surface area contributed by atoms with Crippen LogP contribution in [-0.4, -0.2) is 60.7 Å². The highest BCUT2D eigenvalue weighted by molar-refractivity contribution is 7.52. The van der Waals surface area contributed by atoms with Crippen LogP contribution in [0.15, 0.2) is 0 Å². The van der Waals surface area contributed by atoms with Crippen LogP contribution in [0.3, 0.4) is 0 Å². The van der Waals surface area contributed by atoms with Crippen LogP contribution < -0.4 is 0 Å². The van der Waals surface area contributed by atoms with E-state index in [-0.39, 0.29) is 0 Å². The molecule has 8 nitrogen and oxygen atoms in total. The molecular formula is C5H11O8P. The summed E-state index contributed by atoms with van der Waals surface area (Å²) >= 11 is 0. The van der Waals surface area contributed by atoms with Gasteiger partial charge in [0.2, 0.25) is 0 Å². The molecule has 1 saturated heterocycles. The highest BCUT2D eigenvalue weighted by Crippen LogP contribution is 2.46. The van der Waals surface area contributed by atoms with E-state index in [0.717, 1.165) is 0 Å². The largest absolute Gasteiger partial charge is 0.387 e. The maximum atomic E-state index is 10.7. The number of aliphatic hydroxyl groups excluding tert-OH is 4. The first kappa shape index (κ1) is 12.0. The normalized spacial score (nSPS) is 45.1. The van der Waals surface area contributed by atoms with Gasteiger partial charge < -0.3 is 34.9 Å². The topological polar surface area (TPSA) is 148 Å². The first-order chi connectivity index (χ1) is 6.25. The lowest BCUT2D eigenvalue weighted by Gasteiger charge is -2.38. The predicted octanol–water partition coefficient (Wildman–Crippen LogP) is -3.08. The molecule has 0 aromatic rings. The number of hydrogen-bond acceptors (Lipinski definition) is 6. The fraction of sp³-hybridized carbons (Fsp3) is 1.00. The van der Waals surface area contributed by atoms with E-state index in [1.54, 1.807) is 0 Å². The Morgan fingerprint density at radius 3 is 1.86 bits per heavy atom. The van der Waals surface area contributed by atoms with Crippen molar-refractivity contribution in [3.63, 3.8) is 0 Å². The van der Waals surface area contributed by atoms with E-state index in [1.807, 2.05) is 0 Å². The SMILES string of the molecule is O=P(O)(O)[C@H]1O[C@@H](O)[C@H](O)[C@@H](O)[C@@H]1O. The average Bonchev–Trinajstić information content (AvgIpc) is 2.06. The number of ether oxygens (including phenoxy) is 1. The summed E-state index contributed by atoms with van der Waals surface area (Å²) in [5, 5.41) is 36.1. The maximum absolute atomic E-state index is 10.7. The lowest BCUT2D eigenvalue weighted by Crippen LogP contribution is -2.57. The minimum Gasteiger partial charge on any atom is -0.387 e. The zero-order valence-corrected chi connectivity index (χ0v) is 7.73. The molecule has 0 radical (unpaired) electrons. The molecule has 1 aliphatic rings. The summed E-state index contributed by atoms with van der Waals surface area (Å²) < 4.78 is 15.0. The van der Waals surface area contributed by atoms with Crippen molar-refractivity contribution in [3.05, 3.63) is 0 Å². The minimum atomic E-state index is -4.80. The molecule has 0 bridgehead atoms. The molecule has 1 rings (SSSR count). The van der Waals surface area contributed by atoms with Gasteiger partial charge in [0.15, 0.2) is 12.1 Å². The van der Waals surface area contributed by atoms with Crippen LogP contribution in [0.2, 0.25) is 0 Å². The second kappa shape index (κ2) is 3.84. The van der Waals surface area contributed by atoms with Crippen LogP contribution in [0.25, 0.3) is 0 Å². The number of rotatable bonds is 1. The first-order valence-corrected chi connectivity index (χ1v) is 5.36. The van der Waals surface area contributed by atoms with Gasteiger partial charge in [-0.05, 0) is 0 Å². The summed E-state index contributed by atoms with van der Waals surface area (Å²) in [6, 6.07) is 0. The maximum Gasteiger partial charge on any atom is 0.356 e. The predicted molar refractivity (Wildman–Crippen MR) is 40.9 cm³/mol. The van der Waals surface area contributed by atoms with E-state index in [1.165, 1.54) is 0 Å². The molecule has 1 heterocycles. The van der Waals surface area contributed by atoms with Crippen molar-refractivity contribution in [1.82, 2.24) is 0 Å². The smallest absolute Gasteiger partial charge is 0.356 e. The zero-order valence-electron chi connectivity index (χ0n) is 6.83. The second-order valence-electron chi connectivity index (χ2n) is 2.98. The molecule has 0 spiro atoms. The molecule has 0 saturated carbocycles. The van der Waals surface area contributed by atoms with Crippen molar-refractivity contribution in [2.75, 3.05) is 0 Å². The fourth-order valence-electron chi connectivity index (χ4n) is 1.12. The van der Waals surface area contributed by atoms with E-state index in [2.05, 4.69) is 4.74 Å². The van der Waals surface area contributed by atoms with Gasteiger partial charge in [0.1, 0.15) is 18.3 Å². The summed E-state index contributed by atoms with van der Waals surface area (Å²) in [6.07, 6.45) is -7.55. The van der Waals surface area contributed by atoms with Gasteiger partial charge in [0.05, 0.1) is 0 Å². The van der Waals surface area contributed by atoms with Crippen molar-refractivity contribution >= 4 is 7.60 Å². The van der Waals surface area contributed by atoms with Crippen LogP contribution in [0.5, 0.6) is 0 Å². The van der Waals surface area contributed by atoms with Gasteiger partial charge in [-0.15, -0.1) is 0 Å². The van der Waals surface area contributed by atoms with Crippen molar-refractivity contribution in [1.29, 1.82) is 0 Å². The molecule has 0 aromatic heterocycles. The molecule has 0 amide bonds. The molecular weight excluding hydrogens is 219 g/mol. The minimum absolute atomic E-state index is 1.80. The summed E-state index contributed by atoms with van der Waals surface area (Å²) in [4.78, 5) is 17.3. The monoisotopic (exact) mass is 230 g/mol. The van der Waals surface area contributed by atoms with E-state index in [0.29, 0.717) is 0 Å². The highest BCUT2D eigenvalue weighted by Gasteiger charge is 2.50. The van der Waals surface area contributed by atoms with E-state index in [9.17, 15) is 4.57 Å². The molecule has 14 heavy (non-hydrogen) atoms. The van der Waals surface area contributed by atoms with Gasteiger partial charge in [-0.25, -0.2) is 0 Å². The molecule has 5 atom stereocenters. The Morgan fingerprint density at radius 2 is 1.43 bits per heavy atom. The zero-order chi connectivity index (χ0) is 11.1. The third kappa shape index (κ3) is 2.13. The van der Waals surface area contributed by atoms with Gasteiger partial charge in [0, 0.05) is 0 Å². The standard InChI is InChI=1S/C5H11O8P/c6-1-2(7)4(9)13-5(3(1)8)14(10,11)12/h1-9H,(H2,10,11,12)/t1-,2-,3+,4-,5-/m1/s1. The molecule has 1 aliphatic heterocycles.